The maximum Gasteiger partial charge on any atom is 0.228 e. The predicted octanol–water partition coefficient (Wildman–Crippen LogP) is 3.18. The second kappa shape index (κ2) is 9.11. The molecule has 1 saturated heterocycles. The van der Waals surface area contributed by atoms with Gasteiger partial charge in [-0.15, -0.1) is 5.10 Å². The van der Waals surface area contributed by atoms with Crippen molar-refractivity contribution in [1.82, 2.24) is 30.2 Å². The first-order valence-corrected chi connectivity index (χ1v) is 10.7. The van der Waals surface area contributed by atoms with Gasteiger partial charge in [0.15, 0.2) is 0 Å². The molecule has 10 heteroatoms. The van der Waals surface area contributed by atoms with Crippen LogP contribution in [0.15, 0.2) is 77.0 Å². The number of tetrazole rings is 1. The molecule has 0 atom stereocenters. The van der Waals surface area contributed by atoms with Gasteiger partial charge >= 0.3 is 0 Å². The normalized spacial score (nSPS) is 13.9. The van der Waals surface area contributed by atoms with Crippen molar-refractivity contribution in [3.05, 3.63) is 67.1 Å². The second-order valence-electron chi connectivity index (χ2n) is 6.84. The zero-order chi connectivity index (χ0) is 20.9. The second-order valence-corrected chi connectivity index (χ2v) is 7.93. The van der Waals surface area contributed by atoms with E-state index in [0.29, 0.717) is 5.95 Å². The van der Waals surface area contributed by atoms with Crippen LogP contribution in [0.3, 0.4) is 0 Å². The van der Waals surface area contributed by atoms with Crippen LogP contribution in [0, 0.1) is 0 Å². The Morgan fingerprint density at radius 2 is 1.68 bits per heavy atom. The molecule has 2 aromatic carbocycles. The van der Waals surface area contributed by atoms with Crippen molar-refractivity contribution in [2.45, 2.75) is 9.92 Å². The minimum atomic E-state index is 0.564. The molecule has 1 fully saturated rings. The van der Waals surface area contributed by atoms with E-state index in [9.17, 15) is 0 Å². The van der Waals surface area contributed by atoms with Gasteiger partial charge in [0.05, 0.1) is 18.9 Å². The van der Waals surface area contributed by atoms with E-state index >= 15 is 0 Å². The fraction of sp³-hybridized carbons (Fsp3) is 0.190. The number of anilines is 3. The molecule has 1 aliphatic rings. The average Bonchev–Trinajstić information content (AvgIpc) is 3.36. The van der Waals surface area contributed by atoms with Crippen LogP contribution >= 0.6 is 11.8 Å². The van der Waals surface area contributed by atoms with Gasteiger partial charge in [0.1, 0.15) is 11.4 Å². The Bertz CT molecular complexity index is 1110. The van der Waals surface area contributed by atoms with E-state index in [1.807, 2.05) is 42.5 Å². The smallest absolute Gasteiger partial charge is 0.228 e. The Morgan fingerprint density at radius 1 is 0.903 bits per heavy atom. The fourth-order valence-electron chi connectivity index (χ4n) is 3.23. The maximum absolute atomic E-state index is 5.42. The zero-order valence-corrected chi connectivity index (χ0v) is 17.4. The number of benzene rings is 2. The van der Waals surface area contributed by atoms with Crippen LogP contribution in [0.1, 0.15) is 0 Å². The molecule has 0 radical (unpaired) electrons. The summed E-state index contributed by atoms with van der Waals surface area (Å²) in [5.41, 5.74) is 3.05. The quantitative estimate of drug-likeness (QED) is 0.461. The van der Waals surface area contributed by atoms with Crippen LogP contribution in [-0.4, -0.2) is 56.5 Å². The number of rotatable bonds is 6. The first-order valence-electron chi connectivity index (χ1n) is 9.88. The van der Waals surface area contributed by atoms with E-state index in [1.54, 1.807) is 29.0 Å². The number of aromatic nitrogens is 6. The first kappa shape index (κ1) is 19.5. The molecule has 0 aliphatic carbocycles. The summed E-state index contributed by atoms with van der Waals surface area (Å²) in [7, 11) is 0. The van der Waals surface area contributed by atoms with Crippen molar-refractivity contribution in [2.24, 2.45) is 0 Å². The van der Waals surface area contributed by atoms with E-state index < -0.39 is 0 Å². The van der Waals surface area contributed by atoms with Crippen LogP contribution < -0.4 is 10.2 Å². The van der Waals surface area contributed by atoms with Gasteiger partial charge in [0.25, 0.3) is 0 Å². The molecule has 1 N–H and O–H groups in total. The lowest BCUT2D eigenvalue weighted by Gasteiger charge is -2.28. The third-order valence-corrected chi connectivity index (χ3v) is 5.75. The molecule has 3 heterocycles. The summed E-state index contributed by atoms with van der Waals surface area (Å²) >= 11 is 1.57. The van der Waals surface area contributed by atoms with Crippen LogP contribution in [0.4, 0.5) is 17.3 Å². The van der Waals surface area contributed by atoms with Crippen LogP contribution in [-0.2, 0) is 4.74 Å². The molecule has 156 valence electrons. The van der Waals surface area contributed by atoms with Crippen molar-refractivity contribution in [2.75, 3.05) is 36.5 Å². The topological polar surface area (TPSA) is 93.9 Å². The molecule has 1 aliphatic heterocycles. The largest absolute Gasteiger partial charge is 0.378 e. The average molecular weight is 433 g/mol. The van der Waals surface area contributed by atoms with Gasteiger partial charge in [-0.3, -0.25) is 0 Å². The molecular formula is C21H20N8OS. The highest BCUT2D eigenvalue weighted by Gasteiger charge is 2.11. The SMILES string of the molecule is c1cc(Sc2ccc(-n3cnnn3)cc2)nc(Nc2ccc(N3CCOCC3)cc2)n1. The monoisotopic (exact) mass is 432 g/mol. The summed E-state index contributed by atoms with van der Waals surface area (Å²) in [6, 6.07) is 18.2. The molecule has 0 unspecified atom stereocenters. The molecule has 5 rings (SSSR count). The van der Waals surface area contributed by atoms with E-state index in [-0.39, 0.29) is 0 Å². The molecule has 0 saturated carbocycles. The molecule has 4 aromatic rings. The van der Waals surface area contributed by atoms with Crippen molar-refractivity contribution in [1.29, 1.82) is 0 Å². The summed E-state index contributed by atoms with van der Waals surface area (Å²) in [5.74, 6) is 0.564. The molecule has 0 bridgehead atoms. The summed E-state index contributed by atoms with van der Waals surface area (Å²) in [6.45, 7) is 3.40. The van der Waals surface area contributed by atoms with Crippen molar-refractivity contribution >= 4 is 29.1 Å². The Hall–Kier alpha value is -3.50. The van der Waals surface area contributed by atoms with E-state index in [1.165, 1.54) is 5.69 Å². The standard InChI is InChI=1S/C21H20N8OS/c1-3-17(28-11-13-30-14-12-28)4-2-16(1)24-21-22-10-9-20(25-21)31-19-7-5-18(6-8-19)29-15-23-26-27-29/h1-10,15H,11-14H2,(H,22,24,25). The fourth-order valence-corrected chi connectivity index (χ4v) is 4.01. The highest BCUT2D eigenvalue weighted by Crippen LogP contribution is 2.28. The van der Waals surface area contributed by atoms with Crippen molar-refractivity contribution in [3.8, 4) is 5.69 Å². The Morgan fingerprint density at radius 3 is 2.42 bits per heavy atom. The van der Waals surface area contributed by atoms with Crippen LogP contribution in [0.2, 0.25) is 0 Å². The zero-order valence-electron chi connectivity index (χ0n) is 16.6. The van der Waals surface area contributed by atoms with Gasteiger partial charge in [-0.1, -0.05) is 11.8 Å². The Labute approximate surface area is 183 Å². The summed E-state index contributed by atoms with van der Waals surface area (Å²) in [4.78, 5) is 12.4. The summed E-state index contributed by atoms with van der Waals surface area (Å²) < 4.78 is 7.04. The van der Waals surface area contributed by atoms with E-state index in [4.69, 9.17) is 4.74 Å². The lowest BCUT2D eigenvalue weighted by Crippen LogP contribution is -2.36. The first-order chi connectivity index (χ1) is 15.3. The molecule has 0 amide bonds. The third kappa shape index (κ3) is 4.81. The number of morpholine rings is 1. The van der Waals surface area contributed by atoms with Gasteiger partial charge in [0.2, 0.25) is 5.95 Å². The van der Waals surface area contributed by atoms with Gasteiger partial charge in [0, 0.05) is 35.6 Å². The minimum absolute atomic E-state index is 0.564. The summed E-state index contributed by atoms with van der Waals surface area (Å²) in [5, 5.41) is 15.4. The van der Waals surface area contributed by atoms with E-state index in [2.05, 4.69) is 47.8 Å². The Balaban J connectivity index is 1.24. The molecular weight excluding hydrogens is 412 g/mol. The van der Waals surface area contributed by atoms with E-state index in [0.717, 1.165) is 47.6 Å². The number of nitrogens with one attached hydrogen (secondary N) is 1. The van der Waals surface area contributed by atoms with Gasteiger partial charge in [-0.2, -0.15) is 0 Å². The predicted molar refractivity (Wildman–Crippen MR) is 118 cm³/mol. The number of nitrogens with zero attached hydrogens (tertiary/aromatic N) is 7. The molecule has 9 nitrogen and oxygen atoms in total. The highest BCUT2D eigenvalue weighted by atomic mass is 32.2. The van der Waals surface area contributed by atoms with Crippen LogP contribution in [0.25, 0.3) is 5.69 Å². The lowest BCUT2D eigenvalue weighted by atomic mass is 10.2. The third-order valence-electron chi connectivity index (χ3n) is 4.80. The van der Waals surface area contributed by atoms with Gasteiger partial charge in [-0.05, 0) is 65.0 Å². The van der Waals surface area contributed by atoms with Crippen molar-refractivity contribution < 1.29 is 4.74 Å². The van der Waals surface area contributed by atoms with Crippen LogP contribution in [0.5, 0.6) is 0 Å². The number of ether oxygens (including phenoxy) is 1. The highest BCUT2D eigenvalue weighted by molar-refractivity contribution is 7.99. The Kier molecular flexibility index (Phi) is 5.72. The number of hydrogen-bond acceptors (Lipinski definition) is 9. The molecule has 31 heavy (non-hydrogen) atoms. The maximum atomic E-state index is 5.42. The summed E-state index contributed by atoms with van der Waals surface area (Å²) in [6.07, 6.45) is 3.33. The molecule has 2 aromatic heterocycles. The molecule has 0 spiro atoms. The van der Waals surface area contributed by atoms with Gasteiger partial charge < -0.3 is 15.0 Å². The number of hydrogen-bond donors (Lipinski definition) is 1. The van der Waals surface area contributed by atoms with Crippen molar-refractivity contribution in [3.63, 3.8) is 0 Å². The van der Waals surface area contributed by atoms with Gasteiger partial charge in [-0.25, -0.2) is 14.6 Å². The minimum Gasteiger partial charge on any atom is -0.378 e. The lowest BCUT2D eigenvalue weighted by molar-refractivity contribution is 0.122.